The van der Waals surface area contributed by atoms with Crippen LogP contribution in [-0.2, 0) is 6.61 Å². The largest absolute Gasteiger partial charge is 0.486 e. The van der Waals surface area contributed by atoms with Gasteiger partial charge >= 0.3 is 0 Å². The molecule has 2 aromatic carbocycles. The lowest BCUT2D eigenvalue weighted by Crippen LogP contribution is -2.00. The number of aliphatic hydroxyl groups excluding tert-OH is 1. The van der Waals surface area contributed by atoms with Gasteiger partial charge in [0.1, 0.15) is 17.4 Å². The van der Waals surface area contributed by atoms with E-state index in [1.54, 1.807) is 36.5 Å². The summed E-state index contributed by atoms with van der Waals surface area (Å²) in [6.45, 7) is 2.07. The Hall–Kier alpha value is -1.62. The van der Waals surface area contributed by atoms with E-state index in [1.807, 2.05) is 24.3 Å². The van der Waals surface area contributed by atoms with Crippen LogP contribution in [0.3, 0.4) is 0 Å². The number of aliphatic hydroxyl groups is 1. The maximum Gasteiger partial charge on any atom is 0.140 e. The van der Waals surface area contributed by atoms with Crippen molar-refractivity contribution in [2.75, 3.05) is 0 Å². The summed E-state index contributed by atoms with van der Waals surface area (Å²) in [7, 11) is 0. The molecule has 108 valence electrons. The number of thiazole rings is 1. The van der Waals surface area contributed by atoms with Gasteiger partial charge in [0.25, 0.3) is 0 Å². The lowest BCUT2D eigenvalue weighted by molar-refractivity contribution is 0.190. The van der Waals surface area contributed by atoms with E-state index in [2.05, 4.69) is 4.98 Å². The molecule has 0 radical (unpaired) electrons. The monoisotopic (exact) mass is 319 g/mol. The molecule has 3 nitrogen and oxygen atoms in total. The average molecular weight is 320 g/mol. The van der Waals surface area contributed by atoms with E-state index in [9.17, 15) is 5.11 Å². The van der Waals surface area contributed by atoms with Crippen molar-refractivity contribution in [3.05, 3.63) is 58.1 Å². The fourth-order valence-electron chi connectivity index (χ4n) is 2.10. The molecule has 0 fully saturated rings. The third-order valence-electron chi connectivity index (χ3n) is 3.11. The van der Waals surface area contributed by atoms with Gasteiger partial charge in [0.05, 0.1) is 16.3 Å². The van der Waals surface area contributed by atoms with Crippen LogP contribution >= 0.6 is 22.9 Å². The number of hydrogen-bond donors (Lipinski definition) is 1. The van der Waals surface area contributed by atoms with Crippen molar-refractivity contribution in [1.29, 1.82) is 0 Å². The third-order valence-corrected chi connectivity index (χ3v) is 4.36. The second-order valence-electron chi connectivity index (χ2n) is 4.72. The van der Waals surface area contributed by atoms with Crippen molar-refractivity contribution < 1.29 is 9.84 Å². The number of nitrogens with zero attached hydrogens (tertiary/aromatic N) is 1. The molecule has 0 aliphatic carbocycles. The minimum Gasteiger partial charge on any atom is -0.486 e. The summed E-state index contributed by atoms with van der Waals surface area (Å²) in [6, 6.07) is 13.2. The molecule has 1 heterocycles. The molecule has 0 unspecified atom stereocenters. The predicted molar refractivity (Wildman–Crippen MR) is 86.0 cm³/mol. The first-order chi connectivity index (χ1) is 10.1. The van der Waals surface area contributed by atoms with Crippen molar-refractivity contribution in [3.63, 3.8) is 0 Å². The van der Waals surface area contributed by atoms with E-state index in [0.29, 0.717) is 22.9 Å². The number of halogens is 1. The van der Waals surface area contributed by atoms with Crippen LogP contribution in [0.5, 0.6) is 5.75 Å². The van der Waals surface area contributed by atoms with Crippen molar-refractivity contribution >= 4 is 33.2 Å². The highest BCUT2D eigenvalue weighted by Gasteiger charge is 2.11. The zero-order chi connectivity index (χ0) is 14.8. The highest BCUT2D eigenvalue weighted by molar-refractivity contribution is 7.18. The van der Waals surface area contributed by atoms with Crippen molar-refractivity contribution in [3.8, 4) is 5.75 Å². The van der Waals surface area contributed by atoms with E-state index in [4.69, 9.17) is 16.3 Å². The Kier molecular flexibility index (Phi) is 4.10. The fourth-order valence-corrected chi connectivity index (χ4v) is 3.16. The normalized spacial score (nSPS) is 12.5. The van der Waals surface area contributed by atoms with Crippen LogP contribution in [0.4, 0.5) is 0 Å². The highest BCUT2D eigenvalue weighted by Crippen LogP contribution is 2.30. The number of fused-ring (bicyclic) bond motifs is 1. The van der Waals surface area contributed by atoms with Crippen LogP contribution < -0.4 is 4.74 Å². The highest BCUT2D eigenvalue weighted by atomic mass is 35.5. The Balaban J connectivity index is 1.81. The van der Waals surface area contributed by atoms with Gasteiger partial charge in [-0.05, 0) is 37.3 Å². The Morgan fingerprint density at radius 1 is 1.29 bits per heavy atom. The quantitative estimate of drug-likeness (QED) is 0.765. The molecule has 3 rings (SSSR count). The average Bonchev–Trinajstić information content (AvgIpc) is 2.88. The summed E-state index contributed by atoms with van der Waals surface area (Å²) < 4.78 is 6.94. The Morgan fingerprint density at radius 2 is 2.10 bits per heavy atom. The molecule has 1 atom stereocenters. The SMILES string of the molecule is C[C@H](O)c1cc(Cl)ccc1OCc1nc2ccccc2s1. The Bertz CT molecular complexity index is 737. The molecule has 0 bridgehead atoms. The van der Waals surface area contributed by atoms with Gasteiger partial charge in [-0.25, -0.2) is 4.98 Å². The van der Waals surface area contributed by atoms with E-state index in [1.165, 1.54) is 0 Å². The lowest BCUT2D eigenvalue weighted by Gasteiger charge is -2.13. The maximum absolute atomic E-state index is 9.79. The van der Waals surface area contributed by atoms with Crippen molar-refractivity contribution in [1.82, 2.24) is 4.98 Å². The molecule has 21 heavy (non-hydrogen) atoms. The van der Waals surface area contributed by atoms with E-state index >= 15 is 0 Å². The van der Waals surface area contributed by atoms with E-state index in [0.717, 1.165) is 15.2 Å². The number of para-hydroxylation sites is 1. The summed E-state index contributed by atoms with van der Waals surface area (Å²) in [6.07, 6.45) is -0.630. The molecule has 0 aliphatic rings. The van der Waals surface area contributed by atoms with Crippen LogP contribution in [0.15, 0.2) is 42.5 Å². The molecule has 1 aromatic heterocycles. The van der Waals surface area contributed by atoms with E-state index in [-0.39, 0.29) is 0 Å². The second kappa shape index (κ2) is 6.02. The lowest BCUT2D eigenvalue weighted by atomic mass is 10.1. The first kappa shape index (κ1) is 14.3. The molecule has 5 heteroatoms. The molecule has 0 spiro atoms. The topological polar surface area (TPSA) is 42.4 Å². The second-order valence-corrected chi connectivity index (χ2v) is 6.27. The first-order valence-electron chi connectivity index (χ1n) is 6.58. The standard InChI is InChI=1S/C16H14ClNO2S/c1-10(19)12-8-11(17)6-7-14(12)20-9-16-18-13-4-2-3-5-15(13)21-16/h2-8,10,19H,9H2,1H3/t10-/m0/s1. The molecule has 0 saturated heterocycles. The van der Waals surface area contributed by atoms with Gasteiger partial charge in [-0.15, -0.1) is 11.3 Å². The van der Waals surface area contributed by atoms with Gasteiger partial charge in [-0.2, -0.15) is 0 Å². The molecule has 1 N–H and O–H groups in total. The Morgan fingerprint density at radius 3 is 2.86 bits per heavy atom. The van der Waals surface area contributed by atoms with Gasteiger partial charge in [-0.1, -0.05) is 23.7 Å². The summed E-state index contributed by atoms with van der Waals surface area (Å²) in [4.78, 5) is 4.52. The maximum atomic E-state index is 9.79. The summed E-state index contributed by atoms with van der Waals surface area (Å²) >= 11 is 7.56. The summed E-state index contributed by atoms with van der Waals surface area (Å²) in [5.74, 6) is 0.633. The van der Waals surface area contributed by atoms with E-state index < -0.39 is 6.10 Å². The van der Waals surface area contributed by atoms with Gasteiger partial charge in [0.15, 0.2) is 0 Å². The molecule has 0 saturated carbocycles. The van der Waals surface area contributed by atoms with Gasteiger partial charge in [-0.3, -0.25) is 0 Å². The number of ether oxygens (including phenoxy) is 1. The van der Waals surface area contributed by atoms with Crippen LogP contribution in [0, 0.1) is 0 Å². The number of hydrogen-bond acceptors (Lipinski definition) is 4. The van der Waals surface area contributed by atoms with Gasteiger partial charge in [0.2, 0.25) is 0 Å². The van der Waals surface area contributed by atoms with Crippen LogP contribution in [0.25, 0.3) is 10.2 Å². The molecule has 0 aliphatic heterocycles. The molecular formula is C16H14ClNO2S. The zero-order valence-electron chi connectivity index (χ0n) is 11.4. The van der Waals surface area contributed by atoms with Crippen molar-refractivity contribution in [2.24, 2.45) is 0 Å². The van der Waals surface area contributed by atoms with Gasteiger partial charge < -0.3 is 9.84 Å². The third kappa shape index (κ3) is 3.18. The first-order valence-corrected chi connectivity index (χ1v) is 7.77. The minimum atomic E-state index is -0.630. The van der Waals surface area contributed by atoms with Crippen LogP contribution in [-0.4, -0.2) is 10.1 Å². The molecule has 0 amide bonds. The van der Waals surface area contributed by atoms with Crippen LogP contribution in [0.2, 0.25) is 5.02 Å². The summed E-state index contributed by atoms with van der Waals surface area (Å²) in [5.41, 5.74) is 1.66. The minimum absolute atomic E-state index is 0.376. The number of benzene rings is 2. The summed E-state index contributed by atoms with van der Waals surface area (Å²) in [5, 5.41) is 11.3. The van der Waals surface area contributed by atoms with Crippen LogP contribution in [0.1, 0.15) is 23.6 Å². The zero-order valence-corrected chi connectivity index (χ0v) is 13.0. The van der Waals surface area contributed by atoms with Crippen molar-refractivity contribution in [2.45, 2.75) is 19.6 Å². The molecular weight excluding hydrogens is 306 g/mol. The fraction of sp³-hybridized carbons (Fsp3) is 0.188. The number of rotatable bonds is 4. The smallest absolute Gasteiger partial charge is 0.140 e. The Labute approximate surface area is 131 Å². The predicted octanol–water partition coefficient (Wildman–Crippen LogP) is 4.58. The number of aromatic nitrogens is 1. The molecule has 3 aromatic rings. The van der Waals surface area contributed by atoms with Gasteiger partial charge in [0, 0.05) is 10.6 Å².